The number of ether oxygens (including phenoxy) is 2. The van der Waals surface area contributed by atoms with Crippen LogP contribution in [0, 0.1) is 10.1 Å². The Morgan fingerprint density at radius 1 is 1.37 bits per heavy atom. The number of fused-ring (bicyclic) bond motifs is 1. The molecule has 0 bridgehead atoms. The van der Waals surface area contributed by atoms with Gasteiger partial charge in [-0.25, -0.2) is 4.98 Å². The quantitative estimate of drug-likeness (QED) is 0.501. The molecule has 7 heteroatoms. The number of para-hydroxylation sites is 1. The minimum absolute atomic E-state index is 0.0578. The van der Waals surface area contributed by atoms with Crippen molar-refractivity contribution < 1.29 is 14.4 Å². The number of aromatic nitrogens is 1. The molecule has 7 nitrogen and oxygen atoms in total. The Labute approximate surface area is 109 Å². The van der Waals surface area contributed by atoms with E-state index in [4.69, 9.17) is 15.2 Å². The Balaban J connectivity index is 2.53. The van der Waals surface area contributed by atoms with Crippen molar-refractivity contribution in [3.63, 3.8) is 0 Å². The summed E-state index contributed by atoms with van der Waals surface area (Å²) in [5, 5.41) is 11.5. The lowest BCUT2D eigenvalue weighted by molar-refractivity contribution is -0.382. The maximum absolute atomic E-state index is 11.1. The van der Waals surface area contributed by atoms with Crippen LogP contribution in [0.5, 0.6) is 5.88 Å². The fourth-order valence-electron chi connectivity index (χ4n) is 1.72. The van der Waals surface area contributed by atoms with Gasteiger partial charge in [-0.05, 0) is 12.1 Å². The maximum Gasteiger partial charge on any atom is 0.307 e. The van der Waals surface area contributed by atoms with E-state index in [-0.39, 0.29) is 23.9 Å². The second-order valence-corrected chi connectivity index (χ2v) is 3.79. The van der Waals surface area contributed by atoms with Crippen molar-refractivity contribution in [2.75, 3.05) is 26.1 Å². The lowest BCUT2D eigenvalue weighted by Crippen LogP contribution is -2.09. The van der Waals surface area contributed by atoms with Gasteiger partial charge in [0.2, 0.25) is 5.88 Å². The molecule has 0 aliphatic rings. The molecule has 2 aromatic rings. The van der Waals surface area contributed by atoms with Crippen LogP contribution in [-0.4, -0.2) is 30.2 Å². The highest BCUT2D eigenvalue weighted by Gasteiger charge is 2.22. The molecular formula is C12H13N3O4. The second kappa shape index (κ2) is 5.49. The first-order valence-electron chi connectivity index (χ1n) is 5.59. The van der Waals surface area contributed by atoms with Crippen LogP contribution in [0.2, 0.25) is 0 Å². The van der Waals surface area contributed by atoms with E-state index in [1.165, 1.54) is 7.11 Å². The monoisotopic (exact) mass is 263 g/mol. The molecule has 1 aromatic heterocycles. The third-order valence-corrected chi connectivity index (χ3v) is 2.58. The number of rotatable bonds is 5. The summed E-state index contributed by atoms with van der Waals surface area (Å²) in [6.45, 7) is 0.574. The Morgan fingerprint density at radius 3 is 2.79 bits per heavy atom. The Kier molecular flexibility index (Phi) is 3.76. The van der Waals surface area contributed by atoms with Crippen LogP contribution in [0.1, 0.15) is 0 Å². The summed E-state index contributed by atoms with van der Waals surface area (Å²) in [6, 6.07) is 6.72. The van der Waals surface area contributed by atoms with E-state index >= 15 is 0 Å². The minimum Gasteiger partial charge on any atom is -0.474 e. The zero-order valence-corrected chi connectivity index (χ0v) is 10.3. The first-order valence-corrected chi connectivity index (χ1v) is 5.59. The van der Waals surface area contributed by atoms with Gasteiger partial charge in [-0.1, -0.05) is 12.1 Å². The lowest BCUT2D eigenvalue weighted by Gasteiger charge is -2.09. The van der Waals surface area contributed by atoms with Crippen LogP contribution in [0.4, 0.5) is 11.4 Å². The molecule has 1 heterocycles. The summed E-state index contributed by atoms with van der Waals surface area (Å²) in [5.41, 5.74) is 5.98. The molecule has 19 heavy (non-hydrogen) atoms. The second-order valence-electron chi connectivity index (χ2n) is 3.79. The third-order valence-electron chi connectivity index (χ3n) is 2.58. The number of pyridine rings is 1. The number of benzene rings is 1. The first-order chi connectivity index (χ1) is 9.15. The van der Waals surface area contributed by atoms with Crippen LogP contribution < -0.4 is 10.5 Å². The van der Waals surface area contributed by atoms with Crippen molar-refractivity contribution in [1.29, 1.82) is 0 Å². The van der Waals surface area contributed by atoms with Gasteiger partial charge in [-0.3, -0.25) is 10.1 Å². The molecule has 0 saturated carbocycles. The van der Waals surface area contributed by atoms with Gasteiger partial charge in [0.05, 0.1) is 22.4 Å². The summed E-state index contributed by atoms with van der Waals surface area (Å²) >= 11 is 0. The summed E-state index contributed by atoms with van der Waals surface area (Å²) in [5.74, 6) is 0.0578. The normalized spacial score (nSPS) is 10.6. The van der Waals surface area contributed by atoms with Crippen molar-refractivity contribution in [3.05, 3.63) is 34.4 Å². The highest BCUT2D eigenvalue weighted by atomic mass is 16.6. The summed E-state index contributed by atoms with van der Waals surface area (Å²) in [6.07, 6.45) is 0. The average Bonchev–Trinajstić information content (AvgIpc) is 2.39. The number of hydrogen-bond donors (Lipinski definition) is 1. The van der Waals surface area contributed by atoms with Crippen molar-refractivity contribution in [2.24, 2.45) is 0 Å². The van der Waals surface area contributed by atoms with E-state index in [1.807, 2.05) is 0 Å². The molecule has 1 aromatic carbocycles. The van der Waals surface area contributed by atoms with Crippen molar-refractivity contribution in [2.45, 2.75) is 0 Å². The highest BCUT2D eigenvalue weighted by Crippen LogP contribution is 2.36. The van der Waals surface area contributed by atoms with Crippen LogP contribution in [-0.2, 0) is 4.74 Å². The number of methoxy groups -OCH3 is 1. The fourth-order valence-corrected chi connectivity index (χ4v) is 1.72. The van der Waals surface area contributed by atoms with Crippen LogP contribution in [0.25, 0.3) is 10.9 Å². The SMILES string of the molecule is COCCOc1nc2ccccc2c([N+](=O)[O-])c1N. The summed E-state index contributed by atoms with van der Waals surface area (Å²) < 4.78 is 10.2. The molecule has 0 fully saturated rings. The van der Waals surface area contributed by atoms with E-state index in [1.54, 1.807) is 24.3 Å². The van der Waals surface area contributed by atoms with Crippen molar-refractivity contribution in [3.8, 4) is 5.88 Å². The molecule has 0 aliphatic heterocycles. The molecule has 0 aliphatic carbocycles. The number of nitrogens with zero attached hydrogens (tertiary/aromatic N) is 2. The number of hydrogen-bond acceptors (Lipinski definition) is 6. The van der Waals surface area contributed by atoms with Crippen LogP contribution in [0.15, 0.2) is 24.3 Å². The molecule has 0 saturated heterocycles. The standard InChI is InChI=1S/C12H13N3O4/c1-18-6-7-19-12-10(13)11(15(16)17)8-4-2-3-5-9(8)14-12/h2-5H,6-7,13H2,1H3. The van der Waals surface area contributed by atoms with Crippen LogP contribution >= 0.6 is 0 Å². The fraction of sp³-hybridized carbons (Fsp3) is 0.250. The Bertz CT molecular complexity index is 615. The van der Waals surface area contributed by atoms with Gasteiger partial charge in [-0.15, -0.1) is 0 Å². The topological polar surface area (TPSA) is 101 Å². The molecule has 100 valence electrons. The largest absolute Gasteiger partial charge is 0.474 e. The maximum atomic E-state index is 11.1. The van der Waals surface area contributed by atoms with E-state index < -0.39 is 4.92 Å². The van der Waals surface area contributed by atoms with E-state index in [0.29, 0.717) is 17.5 Å². The molecule has 2 N–H and O–H groups in total. The van der Waals surface area contributed by atoms with E-state index in [2.05, 4.69) is 4.98 Å². The highest BCUT2D eigenvalue weighted by molar-refractivity contribution is 5.94. The van der Waals surface area contributed by atoms with Gasteiger partial charge in [-0.2, -0.15) is 0 Å². The smallest absolute Gasteiger partial charge is 0.307 e. The number of nitrogens with two attached hydrogens (primary N) is 1. The predicted molar refractivity (Wildman–Crippen MR) is 70.2 cm³/mol. The lowest BCUT2D eigenvalue weighted by atomic mass is 10.1. The van der Waals surface area contributed by atoms with Crippen LogP contribution in [0.3, 0.4) is 0 Å². The molecule has 0 spiro atoms. The van der Waals surface area contributed by atoms with Crippen molar-refractivity contribution >= 4 is 22.3 Å². The molecule has 0 radical (unpaired) electrons. The van der Waals surface area contributed by atoms with Gasteiger partial charge in [0.15, 0.2) is 5.69 Å². The van der Waals surface area contributed by atoms with Gasteiger partial charge in [0, 0.05) is 7.11 Å². The average molecular weight is 263 g/mol. The molecule has 0 amide bonds. The zero-order chi connectivity index (χ0) is 13.8. The van der Waals surface area contributed by atoms with Gasteiger partial charge >= 0.3 is 5.69 Å². The number of anilines is 1. The Hall–Kier alpha value is -2.41. The molecule has 0 unspecified atom stereocenters. The molecule has 2 rings (SSSR count). The van der Waals surface area contributed by atoms with Crippen molar-refractivity contribution in [1.82, 2.24) is 4.98 Å². The van der Waals surface area contributed by atoms with Gasteiger partial charge < -0.3 is 15.2 Å². The minimum atomic E-state index is -0.525. The zero-order valence-electron chi connectivity index (χ0n) is 10.3. The number of nitro groups is 1. The van der Waals surface area contributed by atoms with Gasteiger partial charge in [0.25, 0.3) is 0 Å². The van der Waals surface area contributed by atoms with E-state index in [0.717, 1.165) is 0 Å². The molecule has 0 atom stereocenters. The first kappa shape index (κ1) is 13.0. The van der Waals surface area contributed by atoms with Gasteiger partial charge in [0.1, 0.15) is 6.61 Å². The van der Waals surface area contributed by atoms with E-state index in [9.17, 15) is 10.1 Å². The third kappa shape index (κ3) is 2.55. The molecular weight excluding hydrogens is 250 g/mol. The Morgan fingerprint density at radius 2 is 2.11 bits per heavy atom. The predicted octanol–water partition coefficient (Wildman–Crippen LogP) is 1.75. The summed E-state index contributed by atoms with van der Waals surface area (Å²) in [7, 11) is 1.53. The number of nitrogen functional groups attached to an aromatic ring is 1. The summed E-state index contributed by atoms with van der Waals surface area (Å²) in [4.78, 5) is 14.8.